The Kier molecular flexibility index (Phi) is 2.48. The average molecular weight is 148 g/mol. The Hall–Kier alpha value is -1.03. The van der Waals surface area contributed by atoms with Gasteiger partial charge in [0, 0.05) is 18.3 Å². The first-order chi connectivity index (χ1) is 5.25. The van der Waals surface area contributed by atoms with Crippen LogP contribution in [0, 0.1) is 23.7 Å². The van der Waals surface area contributed by atoms with E-state index in [1.807, 2.05) is 19.9 Å². The number of allylic oxidation sites excluding steroid dienone is 2. The molecule has 0 heterocycles. The van der Waals surface area contributed by atoms with Crippen LogP contribution in [0.2, 0.25) is 0 Å². The minimum atomic E-state index is 0.0778. The molecule has 1 aliphatic rings. The Balaban J connectivity index is 2.63. The van der Waals surface area contributed by atoms with Crippen molar-refractivity contribution >= 4 is 5.78 Å². The lowest BCUT2D eigenvalue weighted by molar-refractivity contribution is -0.117. The fourth-order valence-corrected chi connectivity index (χ4v) is 1.09. The first-order valence-corrected chi connectivity index (χ1v) is 3.96. The fraction of sp³-hybridized carbons (Fsp3) is 0.500. The summed E-state index contributed by atoms with van der Waals surface area (Å²) in [5, 5.41) is 0. The van der Waals surface area contributed by atoms with Gasteiger partial charge in [-0.05, 0) is 6.08 Å². The predicted molar refractivity (Wildman–Crippen MR) is 44.9 cm³/mol. The van der Waals surface area contributed by atoms with Gasteiger partial charge in [0.15, 0.2) is 5.78 Å². The van der Waals surface area contributed by atoms with Crippen molar-refractivity contribution in [3.05, 3.63) is 12.2 Å². The lowest BCUT2D eigenvalue weighted by Crippen LogP contribution is -2.09. The number of ketones is 1. The van der Waals surface area contributed by atoms with E-state index in [1.165, 1.54) is 0 Å². The normalized spacial score (nSPS) is 28.4. The summed E-state index contributed by atoms with van der Waals surface area (Å²) in [4.78, 5) is 11.0. The number of carbonyl (C=O) groups is 1. The maximum absolute atomic E-state index is 11.0. The Morgan fingerprint density at radius 3 is 2.82 bits per heavy atom. The van der Waals surface area contributed by atoms with Crippen molar-refractivity contribution < 1.29 is 4.79 Å². The molecule has 0 radical (unpaired) electrons. The molecule has 1 rings (SSSR count). The lowest BCUT2D eigenvalue weighted by atomic mass is 9.98. The highest BCUT2D eigenvalue weighted by molar-refractivity contribution is 5.94. The molecule has 11 heavy (non-hydrogen) atoms. The van der Waals surface area contributed by atoms with Crippen molar-refractivity contribution in [1.82, 2.24) is 0 Å². The van der Waals surface area contributed by atoms with E-state index in [1.54, 1.807) is 6.08 Å². The third kappa shape index (κ3) is 1.71. The maximum Gasteiger partial charge on any atom is 0.159 e. The van der Waals surface area contributed by atoms with Crippen molar-refractivity contribution in [2.45, 2.75) is 20.3 Å². The van der Waals surface area contributed by atoms with Crippen LogP contribution < -0.4 is 0 Å². The topological polar surface area (TPSA) is 17.1 Å². The van der Waals surface area contributed by atoms with Crippen molar-refractivity contribution in [2.24, 2.45) is 11.8 Å². The summed E-state index contributed by atoms with van der Waals surface area (Å²) in [5.41, 5.74) is 0. The third-order valence-corrected chi connectivity index (χ3v) is 1.90. The molecule has 0 aromatic carbocycles. The molecule has 0 saturated heterocycles. The summed E-state index contributed by atoms with van der Waals surface area (Å²) < 4.78 is 0. The number of hydrogen-bond donors (Lipinski definition) is 0. The smallest absolute Gasteiger partial charge is 0.159 e. The quantitative estimate of drug-likeness (QED) is 0.479. The van der Waals surface area contributed by atoms with Crippen molar-refractivity contribution in [2.75, 3.05) is 0 Å². The molecule has 0 fully saturated rings. The van der Waals surface area contributed by atoms with Crippen LogP contribution in [0.15, 0.2) is 12.2 Å². The Morgan fingerprint density at radius 2 is 2.36 bits per heavy atom. The van der Waals surface area contributed by atoms with E-state index in [0.717, 1.165) is 6.42 Å². The Bertz CT molecular complexity index is 239. The standard InChI is InChI=1S/C10H12O/c1-3-4-5-9-6-7-10(11)8(9)2/h6-9H,3H2,1-2H3. The molecular formula is C10H12O. The predicted octanol–water partition coefficient (Wildman–Crippen LogP) is 1.79. The highest BCUT2D eigenvalue weighted by Gasteiger charge is 2.23. The van der Waals surface area contributed by atoms with Gasteiger partial charge in [-0.25, -0.2) is 0 Å². The second kappa shape index (κ2) is 3.39. The van der Waals surface area contributed by atoms with Gasteiger partial charge in [0.2, 0.25) is 0 Å². The molecule has 0 saturated carbocycles. The van der Waals surface area contributed by atoms with Crippen molar-refractivity contribution in [3.8, 4) is 11.8 Å². The van der Waals surface area contributed by atoms with E-state index in [9.17, 15) is 4.79 Å². The van der Waals surface area contributed by atoms with E-state index in [2.05, 4.69) is 11.8 Å². The van der Waals surface area contributed by atoms with Gasteiger partial charge in [0.25, 0.3) is 0 Å². The molecule has 0 bridgehead atoms. The molecular weight excluding hydrogens is 136 g/mol. The zero-order valence-corrected chi connectivity index (χ0v) is 6.92. The summed E-state index contributed by atoms with van der Waals surface area (Å²) in [7, 11) is 0. The van der Waals surface area contributed by atoms with Crippen molar-refractivity contribution in [3.63, 3.8) is 0 Å². The molecule has 0 aromatic rings. The number of rotatable bonds is 0. The van der Waals surface area contributed by atoms with Gasteiger partial charge in [-0.15, -0.1) is 5.92 Å². The molecule has 1 nitrogen and oxygen atoms in total. The highest BCUT2D eigenvalue weighted by Crippen LogP contribution is 2.20. The van der Waals surface area contributed by atoms with Crippen LogP contribution in [0.25, 0.3) is 0 Å². The molecule has 2 atom stereocenters. The largest absolute Gasteiger partial charge is 0.295 e. The zero-order valence-electron chi connectivity index (χ0n) is 6.92. The fourth-order valence-electron chi connectivity index (χ4n) is 1.09. The van der Waals surface area contributed by atoms with Crippen LogP contribution in [0.4, 0.5) is 0 Å². The monoisotopic (exact) mass is 148 g/mol. The first-order valence-electron chi connectivity index (χ1n) is 3.96. The van der Waals surface area contributed by atoms with Crippen LogP contribution in [0.1, 0.15) is 20.3 Å². The Labute approximate surface area is 67.5 Å². The summed E-state index contributed by atoms with van der Waals surface area (Å²) in [5.74, 6) is 6.50. The summed E-state index contributed by atoms with van der Waals surface area (Å²) in [6.07, 6.45) is 4.40. The molecule has 0 aliphatic heterocycles. The van der Waals surface area contributed by atoms with E-state index >= 15 is 0 Å². The zero-order chi connectivity index (χ0) is 8.27. The second-order valence-corrected chi connectivity index (χ2v) is 2.75. The minimum Gasteiger partial charge on any atom is -0.295 e. The maximum atomic E-state index is 11.0. The first kappa shape index (κ1) is 8.07. The van der Waals surface area contributed by atoms with Crippen LogP contribution >= 0.6 is 0 Å². The molecule has 0 aromatic heterocycles. The molecule has 0 spiro atoms. The van der Waals surface area contributed by atoms with E-state index in [-0.39, 0.29) is 17.6 Å². The van der Waals surface area contributed by atoms with Gasteiger partial charge in [-0.2, -0.15) is 0 Å². The van der Waals surface area contributed by atoms with Gasteiger partial charge in [0.1, 0.15) is 0 Å². The van der Waals surface area contributed by atoms with E-state index in [4.69, 9.17) is 0 Å². The number of carbonyl (C=O) groups excluding carboxylic acids is 1. The summed E-state index contributed by atoms with van der Waals surface area (Å²) >= 11 is 0. The SMILES string of the molecule is CCC#CC1C=CC(=O)C1C. The Morgan fingerprint density at radius 1 is 1.64 bits per heavy atom. The van der Waals surface area contributed by atoms with Gasteiger partial charge >= 0.3 is 0 Å². The molecule has 58 valence electrons. The van der Waals surface area contributed by atoms with Crippen LogP contribution in [0.5, 0.6) is 0 Å². The molecule has 0 amide bonds. The lowest BCUT2D eigenvalue weighted by Gasteiger charge is -2.03. The minimum absolute atomic E-state index is 0.0778. The molecule has 2 unspecified atom stereocenters. The van der Waals surface area contributed by atoms with E-state index < -0.39 is 0 Å². The van der Waals surface area contributed by atoms with Gasteiger partial charge in [-0.3, -0.25) is 4.79 Å². The molecule has 1 heteroatoms. The second-order valence-electron chi connectivity index (χ2n) is 2.75. The molecule has 1 aliphatic carbocycles. The van der Waals surface area contributed by atoms with E-state index in [0.29, 0.717) is 0 Å². The summed E-state index contributed by atoms with van der Waals surface area (Å²) in [6.45, 7) is 3.94. The van der Waals surface area contributed by atoms with Gasteiger partial charge in [0.05, 0.1) is 0 Å². The summed E-state index contributed by atoms with van der Waals surface area (Å²) in [6, 6.07) is 0. The van der Waals surface area contributed by atoms with Crippen LogP contribution in [-0.2, 0) is 4.79 Å². The van der Waals surface area contributed by atoms with Gasteiger partial charge < -0.3 is 0 Å². The van der Waals surface area contributed by atoms with Crippen LogP contribution in [0.3, 0.4) is 0 Å². The average Bonchev–Trinajstić information content (AvgIpc) is 2.31. The number of hydrogen-bond acceptors (Lipinski definition) is 1. The van der Waals surface area contributed by atoms with Gasteiger partial charge in [-0.1, -0.05) is 25.8 Å². The van der Waals surface area contributed by atoms with Crippen molar-refractivity contribution in [1.29, 1.82) is 0 Å². The molecule has 0 N–H and O–H groups in total. The van der Waals surface area contributed by atoms with Crippen LogP contribution in [-0.4, -0.2) is 5.78 Å². The highest BCUT2D eigenvalue weighted by atomic mass is 16.1. The third-order valence-electron chi connectivity index (χ3n) is 1.90.